The lowest BCUT2D eigenvalue weighted by Gasteiger charge is -2.35. The number of piperazine rings is 1. The third kappa shape index (κ3) is 4.08. The molecule has 0 spiro atoms. The smallest absolute Gasteiger partial charge is 0.254 e. The van der Waals surface area contributed by atoms with Crippen molar-refractivity contribution in [2.45, 2.75) is 13.8 Å². The summed E-state index contributed by atoms with van der Waals surface area (Å²) in [5, 5.41) is 8.35. The Morgan fingerprint density at radius 3 is 2.07 bits per heavy atom. The van der Waals surface area contributed by atoms with Crippen molar-refractivity contribution in [3.63, 3.8) is 0 Å². The van der Waals surface area contributed by atoms with Gasteiger partial charge in [-0.05, 0) is 32.0 Å². The first-order valence-corrected chi connectivity index (χ1v) is 10.1. The number of amides is 1. The Hall–Kier alpha value is -3.54. The number of hydrogen-bond acceptors (Lipinski definition) is 5. The minimum Gasteiger partial charge on any atom is -0.352 e. The van der Waals surface area contributed by atoms with Crippen molar-refractivity contribution in [2.75, 3.05) is 31.1 Å². The van der Waals surface area contributed by atoms with Gasteiger partial charge in [-0.3, -0.25) is 9.59 Å². The summed E-state index contributed by atoms with van der Waals surface area (Å²) in [7, 11) is 0. The Bertz CT molecular complexity index is 1050. The SMILES string of the molecule is Cc1ccc(C(=O)c2ccccc2C(=O)N2CCN(c3ccc(C)nn3)CC2)cc1. The number of anilines is 1. The highest BCUT2D eigenvalue weighted by atomic mass is 16.2. The second-order valence-electron chi connectivity index (χ2n) is 7.55. The molecule has 2 aromatic carbocycles. The molecular formula is C24H24N4O2. The van der Waals surface area contributed by atoms with E-state index >= 15 is 0 Å². The molecule has 0 saturated carbocycles. The van der Waals surface area contributed by atoms with Gasteiger partial charge >= 0.3 is 0 Å². The highest BCUT2D eigenvalue weighted by Gasteiger charge is 2.26. The van der Waals surface area contributed by atoms with Crippen molar-refractivity contribution in [1.29, 1.82) is 0 Å². The van der Waals surface area contributed by atoms with Crippen molar-refractivity contribution in [3.05, 3.63) is 88.6 Å². The van der Waals surface area contributed by atoms with Crippen LogP contribution in [0.2, 0.25) is 0 Å². The van der Waals surface area contributed by atoms with Crippen LogP contribution in [0.5, 0.6) is 0 Å². The first kappa shape index (κ1) is 19.8. The van der Waals surface area contributed by atoms with E-state index in [2.05, 4.69) is 15.1 Å². The molecule has 6 nitrogen and oxygen atoms in total. The van der Waals surface area contributed by atoms with Gasteiger partial charge in [0.15, 0.2) is 11.6 Å². The Morgan fingerprint density at radius 1 is 0.767 bits per heavy atom. The van der Waals surface area contributed by atoms with Crippen molar-refractivity contribution >= 4 is 17.5 Å². The molecule has 0 aliphatic carbocycles. The topological polar surface area (TPSA) is 66.4 Å². The fourth-order valence-corrected chi connectivity index (χ4v) is 3.60. The van der Waals surface area contributed by atoms with Gasteiger partial charge < -0.3 is 9.80 Å². The van der Waals surface area contributed by atoms with Crippen LogP contribution in [0.3, 0.4) is 0 Å². The summed E-state index contributed by atoms with van der Waals surface area (Å²) in [5.41, 5.74) is 3.45. The first-order chi connectivity index (χ1) is 14.5. The third-order valence-corrected chi connectivity index (χ3v) is 5.39. The lowest BCUT2D eigenvalue weighted by molar-refractivity contribution is 0.0742. The number of ketones is 1. The summed E-state index contributed by atoms with van der Waals surface area (Å²) in [4.78, 5) is 30.2. The van der Waals surface area contributed by atoms with Crippen molar-refractivity contribution < 1.29 is 9.59 Å². The van der Waals surface area contributed by atoms with E-state index in [0.29, 0.717) is 42.9 Å². The summed E-state index contributed by atoms with van der Waals surface area (Å²) < 4.78 is 0. The van der Waals surface area contributed by atoms with Crippen LogP contribution in [0.15, 0.2) is 60.7 Å². The standard InChI is InChI=1S/C24H24N4O2/c1-17-7-10-19(11-8-17)23(29)20-5-3-4-6-21(20)24(30)28-15-13-27(14-16-28)22-12-9-18(2)25-26-22/h3-12H,13-16H2,1-2H3. The molecule has 0 bridgehead atoms. The van der Waals surface area contributed by atoms with E-state index < -0.39 is 0 Å². The first-order valence-electron chi connectivity index (χ1n) is 10.1. The van der Waals surface area contributed by atoms with E-state index in [1.807, 2.05) is 38.1 Å². The lowest BCUT2D eigenvalue weighted by Crippen LogP contribution is -2.49. The molecule has 4 rings (SSSR count). The molecular weight excluding hydrogens is 376 g/mol. The van der Waals surface area contributed by atoms with E-state index in [4.69, 9.17) is 0 Å². The van der Waals surface area contributed by atoms with Crippen molar-refractivity contribution in [1.82, 2.24) is 15.1 Å². The molecule has 1 aliphatic heterocycles. The summed E-state index contributed by atoms with van der Waals surface area (Å²) >= 11 is 0. The van der Waals surface area contributed by atoms with E-state index in [9.17, 15) is 9.59 Å². The molecule has 3 aromatic rings. The number of hydrogen-bond donors (Lipinski definition) is 0. The Balaban J connectivity index is 1.50. The van der Waals surface area contributed by atoms with Gasteiger partial charge in [-0.1, -0.05) is 48.0 Å². The second kappa shape index (κ2) is 8.45. The molecule has 1 fully saturated rings. The minimum atomic E-state index is -0.132. The number of aryl methyl sites for hydroxylation is 2. The molecule has 1 amide bonds. The summed E-state index contributed by atoms with van der Waals surface area (Å²) in [6.07, 6.45) is 0. The molecule has 0 radical (unpaired) electrons. The summed E-state index contributed by atoms with van der Waals surface area (Å²) in [6.45, 7) is 6.38. The van der Waals surface area contributed by atoms with Gasteiger partial charge in [0.05, 0.1) is 11.3 Å². The number of rotatable bonds is 4. The zero-order valence-corrected chi connectivity index (χ0v) is 17.2. The fourth-order valence-electron chi connectivity index (χ4n) is 3.60. The van der Waals surface area contributed by atoms with Crippen LogP contribution in [-0.4, -0.2) is 53.0 Å². The van der Waals surface area contributed by atoms with Crippen LogP contribution in [0.4, 0.5) is 5.82 Å². The van der Waals surface area contributed by atoms with E-state index in [1.165, 1.54) is 0 Å². The summed E-state index contributed by atoms with van der Waals surface area (Å²) in [6, 6.07) is 18.4. The molecule has 2 heterocycles. The third-order valence-electron chi connectivity index (χ3n) is 5.39. The van der Waals surface area contributed by atoms with Crippen molar-refractivity contribution in [2.24, 2.45) is 0 Å². The van der Waals surface area contributed by atoms with Crippen LogP contribution >= 0.6 is 0 Å². The Morgan fingerprint density at radius 2 is 1.43 bits per heavy atom. The quantitative estimate of drug-likeness (QED) is 0.629. The zero-order chi connectivity index (χ0) is 21.1. The number of nitrogens with zero attached hydrogens (tertiary/aromatic N) is 4. The summed E-state index contributed by atoms with van der Waals surface area (Å²) in [5.74, 6) is 0.580. The maximum Gasteiger partial charge on any atom is 0.254 e. The lowest BCUT2D eigenvalue weighted by atomic mass is 9.97. The van der Waals surface area contributed by atoms with Crippen LogP contribution < -0.4 is 4.90 Å². The van der Waals surface area contributed by atoms with Gasteiger partial charge in [0, 0.05) is 37.3 Å². The van der Waals surface area contributed by atoms with E-state index in [1.54, 1.807) is 41.3 Å². The fraction of sp³-hybridized carbons (Fsp3) is 0.250. The van der Waals surface area contributed by atoms with E-state index in [0.717, 1.165) is 17.1 Å². The zero-order valence-electron chi connectivity index (χ0n) is 17.2. The highest BCUT2D eigenvalue weighted by Crippen LogP contribution is 2.19. The minimum absolute atomic E-state index is 0.110. The Labute approximate surface area is 176 Å². The maximum absolute atomic E-state index is 13.2. The number of aromatic nitrogens is 2. The normalized spacial score (nSPS) is 13.9. The average molecular weight is 400 g/mol. The largest absolute Gasteiger partial charge is 0.352 e. The van der Waals surface area contributed by atoms with Gasteiger partial charge in [-0.25, -0.2) is 0 Å². The van der Waals surface area contributed by atoms with Gasteiger partial charge in [-0.2, -0.15) is 5.10 Å². The van der Waals surface area contributed by atoms with Gasteiger partial charge in [0.2, 0.25) is 0 Å². The monoisotopic (exact) mass is 400 g/mol. The molecule has 1 saturated heterocycles. The predicted molar refractivity (Wildman–Crippen MR) is 116 cm³/mol. The van der Waals surface area contributed by atoms with Crippen LogP contribution in [0, 0.1) is 13.8 Å². The van der Waals surface area contributed by atoms with Crippen LogP contribution in [0.1, 0.15) is 37.5 Å². The molecule has 6 heteroatoms. The molecule has 152 valence electrons. The second-order valence-corrected chi connectivity index (χ2v) is 7.55. The number of benzene rings is 2. The predicted octanol–water partition coefficient (Wildman–Crippen LogP) is 3.29. The van der Waals surface area contributed by atoms with Crippen molar-refractivity contribution in [3.8, 4) is 0 Å². The molecule has 0 atom stereocenters. The van der Waals surface area contributed by atoms with Gasteiger partial charge in [0.25, 0.3) is 5.91 Å². The van der Waals surface area contributed by atoms with Crippen LogP contribution in [-0.2, 0) is 0 Å². The molecule has 0 unspecified atom stereocenters. The van der Waals surface area contributed by atoms with Gasteiger partial charge in [0.1, 0.15) is 0 Å². The number of carbonyl (C=O) groups is 2. The van der Waals surface area contributed by atoms with Gasteiger partial charge in [-0.15, -0.1) is 5.10 Å². The Kier molecular flexibility index (Phi) is 5.57. The van der Waals surface area contributed by atoms with Crippen LogP contribution in [0.25, 0.3) is 0 Å². The highest BCUT2D eigenvalue weighted by molar-refractivity contribution is 6.15. The average Bonchev–Trinajstić information content (AvgIpc) is 2.79. The molecule has 30 heavy (non-hydrogen) atoms. The molecule has 1 aliphatic rings. The number of carbonyl (C=O) groups excluding carboxylic acids is 2. The maximum atomic E-state index is 13.2. The van der Waals surface area contributed by atoms with E-state index in [-0.39, 0.29) is 11.7 Å². The molecule has 0 N–H and O–H groups in total. The molecule has 1 aromatic heterocycles.